The molecule has 356 valence electrons. The molecule has 0 aromatic heterocycles. The quantitative estimate of drug-likeness (QED) is 0.0127. The normalized spacial score (nSPS) is 16.0. The van der Waals surface area contributed by atoms with E-state index in [1.807, 2.05) is 54.7 Å². The molecule has 0 aromatic rings. The Balaban J connectivity index is 3.99. The van der Waals surface area contributed by atoms with Crippen LogP contribution in [0.1, 0.15) is 129 Å². The lowest BCUT2D eigenvalue weighted by Gasteiger charge is -2.19. The number of phosphoric ester groups is 2. The van der Waals surface area contributed by atoms with Crippen LogP contribution in [0, 0.1) is 0 Å². The fourth-order valence-corrected chi connectivity index (χ4v) is 6.63. The minimum atomic E-state index is -4.80. The Kier molecular flexibility index (Phi) is 39.1. The number of esters is 2. The van der Waals surface area contributed by atoms with Crippen molar-refractivity contribution >= 4 is 27.6 Å². The second kappa shape index (κ2) is 41.0. The van der Waals surface area contributed by atoms with E-state index < -0.39 is 85.5 Å². The summed E-state index contributed by atoms with van der Waals surface area (Å²) < 4.78 is 52.8. The summed E-state index contributed by atoms with van der Waals surface area (Å²) in [6, 6.07) is 0. The van der Waals surface area contributed by atoms with Crippen LogP contribution in [0.2, 0.25) is 0 Å². The Bertz CT molecular complexity index is 1440. The van der Waals surface area contributed by atoms with Crippen molar-refractivity contribution in [1.82, 2.24) is 0 Å². The summed E-state index contributed by atoms with van der Waals surface area (Å²) in [5.74, 6) is -1.08. The highest BCUT2D eigenvalue weighted by molar-refractivity contribution is 7.47. The third-order valence-corrected chi connectivity index (χ3v) is 10.4. The van der Waals surface area contributed by atoms with Crippen molar-refractivity contribution in [3.63, 3.8) is 0 Å². The van der Waals surface area contributed by atoms with Gasteiger partial charge in [0.05, 0.1) is 26.4 Å². The van der Waals surface area contributed by atoms with Gasteiger partial charge in [0.1, 0.15) is 31.5 Å². The molecule has 0 bridgehead atoms. The van der Waals surface area contributed by atoms with Crippen molar-refractivity contribution in [2.45, 2.75) is 148 Å². The Morgan fingerprint density at radius 3 is 1.29 bits per heavy atom. The molecule has 0 aliphatic heterocycles. The first kappa shape index (κ1) is 59.2. The lowest BCUT2D eigenvalue weighted by Crippen LogP contribution is -2.25. The molecule has 62 heavy (non-hydrogen) atoms. The predicted molar refractivity (Wildman–Crippen MR) is 242 cm³/mol. The number of aliphatic hydroxyl groups excluding tert-OH is 3. The molecule has 0 heterocycles. The molecule has 0 aliphatic rings. The van der Waals surface area contributed by atoms with Gasteiger partial charge in [0, 0.05) is 12.8 Å². The van der Waals surface area contributed by atoms with Crippen LogP contribution in [0.25, 0.3) is 0 Å². The van der Waals surface area contributed by atoms with Gasteiger partial charge in [-0.25, -0.2) is 9.13 Å². The molecule has 0 spiro atoms. The van der Waals surface area contributed by atoms with Gasteiger partial charge in [-0.15, -0.1) is 0 Å². The summed E-state index contributed by atoms with van der Waals surface area (Å²) in [5.41, 5.74) is 0. The topological polar surface area (TPSA) is 225 Å². The zero-order valence-corrected chi connectivity index (χ0v) is 38.8. The van der Waals surface area contributed by atoms with Crippen molar-refractivity contribution < 1.29 is 71.4 Å². The van der Waals surface area contributed by atoms with E-state index in [0.717, 1.165) is 44.9 Å². The number of hydrogen-bond donors (Lipinski definition) is 5. The van der Waals surface area contributed by atoms with Crippen molar-refractivity contribution in [3.05, 3.63) is 85.1 Å². The van der Waals surface area contributed by atoms with E-state index in [9.17, 15) is 43.8 Å². The number of carbonyl (C=O) groups is 2. The monoisotopic (exact) mass is 918 g/mol. The van der Waals surface area contributed by atoms with Crippen LogP contribution < -0.4 is 0 Å². The van der Waals surface area contributed by atoms with Gasteiger partial charge < -0.3 is 34.6 Å². The van der Waals surface area contributed by atoms with Crippen LogP contribution in [0.5, 0.6) is 0 Å². The highest BCUT2D eigenvalue weighted by Gasteiger charge is 2.28. The van der Waals surface area contributed by atoms with Crippen LogP contribution in [0.15, 0.2) is 85.1 Å². The summed E-state index contributed by atoms with van der Waals surface area (Å²) in [5, 5.41) is 29.9. The number of phosphoric acid groups is 2. The predicted octanol–water partition coefficient (Wildman–Crippen LogP) is 9.38. The molecule has 0 fully saturated rings. The van der Waals surface area contributed by atoms with Crippen molar-refractivity contribution in [1.29, 1.82) is 0 Å². The second-order valence-corrected chi connectivity index (χ2v) is 17.4. The Morgan fingerprint density at radius 2 is 0.823 bits per heavy atom. The Hall–Kier alpha value is -2.78. The number of unbranched alkanes of at least 4 members (excludes halogenated alkanes) is 11. The first-order chi connectivity index (χ1) is 29.8. The lowest BCUT2D eigenvalue weighted by atomic mass is 10.1. The van der Waals surface area contributed by atoms with Gasteiger partial charge in [-0.1, -0.05) is 144 Å². The highest BCUT2D eigenvalue weighted by atomic mass is 31.2. The molecule has 0 aromatic carbocycles. The molecule has 5 atom stereocenters. The standard InChI is InChI=1S/C45H76O15P2/c1-3-5-7-9-11-13-15-17-18-19-20-22-24-26-28-30-32-34-45(50)56-36-42(47)38-58-62(53,54)60-40-43(48)39-59-61(51,52)57-37-41(46)35-55-44(49)33-31-29-27-25-23-21-16-14-12-10-8-6-4-2/h6,8,10-14,16-18,21,23,25,27,41-43,46-48H,3-5,7,9,15,19-20,22,24,26,28-40H2,1-2H3,(H,51,52)(H,53,54)/b8-6+,12-10+,13-11-,16-14-,18-17-,23-21-,27-25+. The van der Waals surface area contributed by atoms with E-state index in [0.29, 0.717) is 19.3 Å². The summed E-state index contributed by atoms with van der Waals surface area (Å²) in [4.78, 5) is 43.6. The average molecular weight is 919 g/mol. The van der Waals surface area contributed by atoms with Crippen molar-refractivity contribution in [2.75, 3.05) is 39.6 Å². The molecule has 0 aliphatic carbocycles. The third-order valence-electron chi connectivity index (χ3n) is 8.46. The highest BCUT2D eigenvalue weighted by Crippen LogP contribution is 2.45. The van der Waals surface area contributed by atoms with Gasteiger partial charge in [0.2, 0.25) is 0 Å². The molecule has 0 amide bonds. The summed E-state index contributed by atoms with van der Waals surface area (Å²) in [7, 11) is -9.60. The van der Waals surface area contributed by atoms with E-state index in [4.69, 9.17) is 9.47 Å². The smallest absolute Gasteiger partial charge is 0.463 e. The average Bonchev–Trinajstić information content (AvgIpc) is 3.24. The zero-order valence-electron chi connectivity index (χ0n) is 37.0. The van der Waals surface area contributed by atoms with Gasteiger partial charge in [-0.3, -0.25) is 27.7 Å². The van der Waals surface area contributed by atoms with Gasteiger partial charge in [0.15, 0.2) is 0 Å². The number of hydrogen-bond acceptors (Lipinski definition) is 13. The summed E-state index contributed by atoms with van der Waals surface area (Å²) >= 11 is 0. The van der Waals surface area contributed by atoms with Crippen LogP contribution in [0.3, 0.4) is 0 Å². The molecule has 5 N–H and O–H groups in total. The first-order valence-electron chi connectivity index (χ1n) is 22.0. The van der Waals surface area contributed by atoms with E-state index in [1.54, 1.807) is 0 Å². The molecule has 15 nitrogen and oxygen atoms in total. The van der Waals surface area contributed by atoms with E-state index >= 15 is 0 Å². The number of aliphatic hydroxyl groups is 3. The Morgan fingerprint density at radius 1 is 0.452 bits per heavy atom. The van der Waals surface area contributed by atoms with Crippen LogP contribution in [-0.2, 0) is 46.3 Å². The van der Waals surface area contributed by atoms with E-state index in [-0.39, 0.29) is 12.8 Å². The summed E-state index contributed by atoms with van der Waals surface area (Å²) in [6.07, 6.45) is 40.2. The molecule has 0 saturated carbocycles. The number of allylic oxidation sites excluding steroid dienone is 14. The number of rotatable bonds is 41. The molecular formula is C45H76O15P2. The van der Waals surface area contributed by atoms with Gasteiger partial charge in [-0.2, -0.15) is 0 Å². The van der Waals surface area contributed by atoms with E-state index in [1.165, 1.54) is 38.5 Å². The largest absolute Gasteiger partial charge is 0.472 e. The van der Waals surface area contributed by atoms with Crippen molar-refractivity contribution in [3.8, 4) is 0 Å². The molecule has 0 saturated heterocycles. The minimum absolute atomic E-state index is 0.0959. The SMILES string of the molecule is CC/C=C/C=C/C=C\C=C/C=C/CCCC(=O)OCC(O)COP(=O)(O)OCC(O)COP(=O)(O)OCC(O)COC(=O)CCCCCCCCC/C=C\C/C=C\CCCCC. The lowest BCUT2D eigenvalue weighted by molar-refractivity contribution is -0.148. The zero-order chi connectivity index (χ0) is 46.0. The van der Waals surface area contributed by atoms with Gasteiger partial charge in [0.25, 0.3) is 0 Å². The maximum atomic E-state index is 12.1. The van der Waals surface area contributed by atoms with E-state index in [2.05, 4.69) is 62.3 Å². The second-order valence-electron chi connectivity index (χ2n) is 14.4. The van der Waals surface area contributed by atoms with Crippen LogP contribution in [0.4, 0.5) is 0 Å². The Labute approximate surface area is 370 Å². The number of carbonyl (C=O) groups excluding carboxylic acids is 2. The maximum absolute atomic E-state index is 12.1. The third kappa shape index (κ3) is 42.5. The minimum Gasteiger partial charge on any atom is -0.463 e. The molecule has 0 radical (unpaired) electrons. The fraction of sp³-hybridized carbons (Fsp3) is 0.644. The molecule has 17 heteroatoms. The van der Waals surface area contributed by atoms with Gasteiger partial charge in [-0.05, 0) is 57.8 Å². The molecule has 5 unspecified atom stereocenters. The summed E-state index contributed by atoms with van der Waals surface area (Å²) in [6.45, 7) is 0.112. The first-order valence-corrected chi connectivity index (χ1v) is 25.0. The molecular weight excluding hydrogens is 842 g/mol. The maximum Gasteiger partial charge on any atom is 0.472 e. The van der Waals surface area contributed by atoms with Gasteiger partial charge >= 0.3 is 27.6 Å². The number of ether oxygens (including phenoxy) is 2. The fourth-order valence-electron chi connectivity index (χ4n) is 5.04. The molecule has 0 rings (SSSR count). The van der Waals surface area contributed by atoms with Crippen LogP contribution in [-0.4, -0.2) is 95.0 Å². The van der Waals surface area contributed by atoms with Crippen molar-refractivity contribution in [2.24, 2.45) is 0 Å². The van der Waals surface area contributed by atoms with Crippen LogP contribution >= 0.6 is 15.6 Å².